The first-order valence-electron chi connectivity index (χ1n) is 5.09. The van der Waals surface area contributed by atoms with E-state index in [9.17, 15) is 4.79 Å². The number of halogens is 2. The van der Waals surface area contributed by atoms with Crippen molar-refractivity contribution in [3.8, 4) is 0 Å². The summed E-state index contributed by atoms with van der Waals surface area (Å²) in [5, 5.41) is 5.88. The van der Waals surface area contributed by atoms with Gasteiger partial charge in [0.1, 0.15) is 0 Å². The van der Waals surface area contributed by atoms with Gasteiger partial charge in [0, 0.05) is 11.9 Å². The van der Waals surface area contributed by atoms with Crippen LogP contribution in [-0.4, -0.2) is 11.0 Å². The van der Waals surface area contributed by atoms with Crippen LogP contribution in [-0.2, 0) is 0 Å². The van der Waals surface area contributed by atoms with Gasteiger partial charge in [-0.2, -0.15) is 0 Å². The Morgan fingerprint density at radius 2 is 1.83 bits per heavy atom. The van der Waals surface area contributed by atoms with Crippen molar-refractivity contribution >= 4 is 40.7 Å². The van der Waals surface area contributed by atoms with Crippen molar-refractivity contribution in [1.82, 2.24) is 4.98 Å². The van der Waals surface area contributed by atoms with Crippen LogP contribution >= 0.6 is 23.2 Å². The van der Waals surface area contributed by atoms with Gasteiger partial charge in [0.15, 0.2) is 5.82 Å². The summed E-state index contributed by atoms with van der Waals surface area (Å²) in [5.41, 5.74) is 0.681. The highest BCUT2D eigenvalue weighted by atomic mass is 35.5. The summed E-state index contributed by atoms with van der Waals surface area (Å²) in [6, 6.07) is 10.1. The molecule has 2 aromatic rings. The average Bonchev–Trinajstić information content (AvgIpc) is 2.34. The van der Waals surface area contributed by atoms with Crippen LogP contribution in [0.5, 0.6) is 0 Å². The topological polar surface area (TPSA) is 54.0 Å². The van der Waals surface area contributed by atoms with E-state index in [-0.39, 0.29) is 10.8 Å². The van der Waals surface area contributed by atoms with Gasteiger partial charge in [0.25, 0.3) is 0 Å². The minimum atomic E-state index is -0.419. The summed E-state index contributed by atoms with van der Waals surface area (Å²) in [7, 11) is 0. The number of pyridine rings is 1. The molecule has 18 heavy (non-hydrogen) atoms. The number of nitrogens with one attached hydrogen (secondary N) is 2. The van der Waals surface area contributed by atoms with Crippen LogP contribution in [0.2, 0.25) is 10.0 Å². The molecular weight excluding hydrogens is 273 g/mol. The highest BCUT2D eigenvalue weighted by Crippen LogP contribution is 2.22. The minimum absolute atomic E-state index is 0.259. The van der Waals surface area contributed by atoms with Crippen molar-refractivity contribution in [1.29, 1.82) is 0 Å². The molecule has 0 unspecified atom stereocenters. The quantitative estimate of drug-likeness (QED) is 0.873. The first kappa shape index (κ1) is 12.7. The smallest absolute Gasteiger partial charge is 0.308 e. The van der Waals surface area contributed by atoms with Crippen molar-refractivity contribution < 1.29 is 4.79 Å². The SMILES string of the molecule is O=C(Nc1ccccc1)Nc1ncc(Cl)cc1Cl. The van der Waals surface area contributed by atoms with E-state index in [1.165, 1.54) is 12.3 Å². The van der Waals surface area contributed by atoms with Crippen molar-refractivity contribution in [3.05, 3.63) is 52.6 Å². The van der Waals surface area contributed by atoms with Crippen LogP contribution in [0.1, 0.15) is 0 Å². The second kappa shape index (κ2) is 5.71. The fourth-order valence-corrected chi connectivity index (χ4v) is 1.73. The number of anilines is 2. The molecule has 0 bridgehead atoms. The fraction of sp³-hybridized carbons (Fsp3) is 0. The second-order valence-electron chi connectivity index (χ2n) is 3.43. The lowest BCUT2D eigenvalue weighted by Gasteiger charge is -2.08. The van der Waals surface area contributed by atoms with Gasteiger partial charge in [-0.15, -0.1) is 0 Å². The summed E-state index contributed by atoms with van der Waals surface area (Å²) in [5.74, 6) is 0.259. The largest absolute Gasteiger partial charge is 0.324 e. The molecular formula is C12H9Cl2N3O. The molecule has 0 radical (unpaired) electrons. The van der Waals surface area contributed by atoms with Crippen molar-refractivity contribution in [2.75, 3.05) is 10.6 Å². The molecule has 2 rings (SSSR count). The number of carbonyl (C=O) groups excluding carboxylic acids is 1. The molecule has 0 aliphatic rings. The molecule has 92 valence electrons. The number of carbonyl (C=O) groups is 1. The summed E-state index contributed by atoms with van der Waals surface area (Å²) in [6.07, 6.45) is 1.41. The maximum absolute atomic E-state index is 11.7. The second-order valence-corrected chi connectivity index (χ2v) is 4.27. The minimum Gasteiger partial charge on any atom is -0.308 e. The number of amides is 2. The number of nitrogens with zero attached hydrogens (tertiary/aromatic N) is 1. The zero-order valence-electron chi connectivity index (χ0n) is 9.15. The van der Waals surface area contributed by atoms with Crippen molar-refractivity contribution in [2.45, 2.75) is 0 Å². The van der Waals surface area contributed by atoms with Crippen LogP contribution in [0.4, 0.5) is 16.3 Å². The van der Waals surface area contributed by atoms with Gasteiger partial charge in [0.2, 0.25) is 0 Å². The molecule has 0 fully saturated rings. The Hall–Kier alpha value is -1.78. The summed E-state index contributed by atoms with van der Waals surface area (Å²) in [6.45, 7) is 0. The molecule has 0 atom stereocenters. The number of urea groups is 1. The van der Waals surface area contributed by atoms with Crippen molar-refractivity contribution in [3.63, 3.8) is 0 Å². The molecule has 1 aromatic heterocycles. The third kappa shape index (κ3) is 3.35. The van der Waals surface area contributed by atoms with Crippen LogP contribution in [0, 0.1) is 0 Å². The van der Waals surface area contributed by atoms with Crippen LogP contribution < -0.4 is 10.6 Å². The lowest BCUT2D eigenvalue weighted by molar-refractivity contribution is 0.262. The van der Waals surface area contributed by atoms with Gasteiger partial charge in [-0.25, -0.2) is 9.78 Å². The summed E-state index contributed by atoms with van der Waals surface area (Å²) < 4.78 is 0. The Bertz CT molecular complexity index is 561. The predicted octanol–water partition coefficient (Wildman–Crippen LogP) is 4.03. The fourth-order valence-electron chi connectivity index (χ4n) is 1.30. The Kier molecular flexibility index (Phi) is 4.02. The normalized spacial score (nSPS) is 9.89. The number of hydrogen-bond donors (Lipinski definition) is 2. The number of para-hydroxylation sites is 1. The lowest BCUT2D eigenvalue weighted by Crippen LogP contribution is -2.20. The Labute approximate surface area is 114 Å². The maximum atomic E-state index is 11.7. The zero-order chi connectivity index (χ0) is 13.0. The van der Waals surface area contributed by atoms with Crippen LogP contribution in [0.25, 0.3) is 0 Å². The molecule has 1 aromatic carbocycles. The monoisotopic (exact) mass is 281 g/mol. The zero-order valence-corrected chi connectivity index (χ0v) is 10.7. The van der Waals surface area contributed by atoms with Crippen LogP contribution in [0.3, 0.4) is 0 Å². The van der Waals surface area contributed by atoms with E-state index in [0.29, 0.717) is 10.7 Å². The molecule has 6 heteroatoms. The third-order valence-electron chi connectivity index (χ3n) is 2.07. The van der Waals surface area contributed by atoms with E-state index in [4.69, 9.17) is 23.2 Å². The molecule has 4 nitrogen and oxygen atoms in total. The highest BCUT2D eigenvalue weighted by Gasteiger charge is 2.07. The number of aromatic nitrogens is 1. The van der Waals surface area contributed by atoms with Gasteiger partial charge < -0.3 is 5.32 Å². The molecule has 0 aliphatic heterocycles. The number of benzene rings is 1. The van der Waals surface area contributed by atoms with Gasteiger partial charge in [0.05, 0.1) is 10.0 Å². The molecule has 0 aliphatic carbocycles. The highest BCUT2D eigenvalue weighted by molar-refractivity contribution is 6.36. The molecule has 0 spiro atoms. The van der Waals surface area contributed by atoms with Crippen LogP contribution in [0.15, 0.2) is 42.6 Å². The number of hydrogen-bond acceptors (Lipinski definition) is 2. The number of rotatable bonds is 2. The average molecular weight is 282 g/mol. The van der Waals surface area contributed by atoms with E-state index in [0.717, 1.165) is 0 Å². The van der Waals surface area contributed by atoms with E-state index in [1.807, 2.05) is 18.2 Å². The first-order chi connectivity index (χ1) is 8.65. The molecule has 2 amide bonds. The van der Waals surface area contributed by atoms with E-state index in [1.54, 1.807) is 12.1 Å². The maximum Gasteiger partial charge on any atom is 0.324 e. The van der Waals surface area contributed by atoms with E-state index in [2.05, 4.69) is 15.6 Å². The van der Waals surface area contributed by atoms with Gasteiger partial charge in [-0.05, 0) is 18.2 Å². The summed E-state index contributed by atoms with van der Waals surface area (Å²) in [4.78, 5) is 15.6. The molecule has 2 N–H and O–H groups in total. The Balaban J connectivity index is 2.03. The Morgan fingerprint density at radius 3 is 2.50 bits per heavy atom. The molecule has 0 saturated heterocycles. The third-order valence-corrected chi connectivity index (χ3v) is 2.57. The van der Waals surface area contributed by atoms with Gasteiger partial charge in [-0.3, -0.25) is 5.32 Å². The summed E-state index contributed by atoms with van der Waals surface area (Å²) >= 11 is 11.6. The lowest BCUT2D eigenvalue weighted by atomic mass is 10.3. The predicted molar refractivity (Wildman–Crippen MR) is 73.3 cm³/mol. The Morgan fingerprint density at radius 1 is 1.11 bits per heavy atom. The first-order valence-corrected chi connectivity index (χ1v) is 5.85. The van der Waals surface area contributed by atoms with Gasteiger partial charge >= 0.3 is 6.03 Å². The van der Waals surface area contributed by atoms with Gasteiger partial charge in [-0.1, -0.05) is 41.4 Å². The van der Waals surface area contributed by atoms with Crippen molar-refractivity contribution in [2.24, 2.45) is 0 Å². The van der Waals surface area contributed by atoms with E-state index >= 15 is 0 Å². The van der Waals surface area contributed by atoms with E-state index < -0.39 is 6.03 Å². The molecule has 1 heterocycles. The molecule has 0 saturated carbocycles. The standard InChI is InChI=1S/C12H9Cl2N3O/c13-8-6-10(14)11(15-7-8)17-12(18)16-9-4-2-1-3-5-9/h1-7H,(H2,15,16,17,18).